The first kappa shape index (κ1) is 23.7. The van der Waals surface area contributed by atoms with Crippen molar-refractivity contribution in [3.8, 4) is 28.4 Å². The molecule has 8 heteroatoms. The molecule has 0 radical (unpaired) electrons. The summed E-state index contributed by atoms with van der Waals surface area (Å²) >= 11 is 0. The molecule has 7 N–H and O–H groups in total. The van der Waals surface area contributed by atoms with Crippen molar-refractivity contribution in [1.29, 1.82) is 0 Å². The van der Waals surface area contributed by atoms with E-state index < -0.39 is 12.0 Å². The van der Waals surface area contributed by atoms with Crippen LogP contribution in [0.15, 0.2) is 54.7 Å². The number of rotatable bonds is 3. The van der Waals surface area contributed by atoms with Crippen LogP contribution in [0.1, 0.15) is 28.3 Å². The number of carboxylic acids is 1. The van der Waals surface area contributed by atoms with Crippen molar-refractivity contribution in [3.05, 3.63) is 77.0 Å². The molecule has 2 heterocycles. The molecule has 36 heavy (non-hydrogen) atoms. The van der Waals surface area contributed by atoms with Crippen molar-refractivity contribution < 1.29 is 25.2 Å². The largest absolute Gasteiger partial charge is 0.508 e. The molecule has 0 spiro atoms. The van der Waals surface area contributed by atoms with Crippen molar-refractivity contribution in [2.24, 2.45) is 5.73 Å². The second kappa shape index (κ2) is 9.22. The van der Waals surface area contributed by atoms with Gasteiger partial charge in [0, 0.05) is 41.7 Å². The quantitative estimate of drug-likeness (QED) is 0.242. The average molecular weight is 488 g/mol. The average Bonchev–Trinajstić information content (AvgIpc) is 3.25. The maximum atomic E-state index is 10.6. The molecule has 8 nitrogen and oxygen atoms in total. The summed E-state index contributed by atoms with van der Waals surface area (Å²) < 4.78 is 0. The maximum Gasteiger partial charge on any atom is 0.320 e. The van der Waals surface area contributed by atoms with Crippen molar-refractivity contribution >= 4 is 16.9 Å². The van der Waals surface area contributed by atoms with E-state index in [0.29, 0.717) is 6.04 Å². The molecule has 4 aromatic rings. The van der Waals surface area contributed by atoms with E-state index in [9.17, 15) is 20.1 Å². The fourth-order valence-corrected chi connectivity index (χ4v) is 5.33. The highest BCUT2D eigenvalue weighted by atomic mass is 16.4. The molecule has 0 saturated heterocycles. The smallest absolute Gasteiger partial charge is 0.320 e. The number of phenols is 3. The summed E-state index contributed by atoms with van der Waals surface area (Å²) in [7, 11) is 2.16. The van der Waals surface area contributed by atoms with E-state index in [0.717, 1.165) is 52.5 Å². The van der Waals surface area contributed by atoms with E-state index in [2.05, 4.69) is 35.1 Å². The Hall–Kier alpha value is -4.01. The van der Waals surface area contributed by atoms with E-state index in [1.54, 1.807) is 30.5 Å². The maximum absolute atomic E-state index is 10.6. The van der Waals surface area contributed by atoms with Gasteiger partial charge in [0.25, 0.3) is 0 Å². The number of hydrogen-bond acceptors (Lipinski definition) is 6. The van der Waals surface area contributed by atoms with E-state index in [1.165, 1.54) is 11.1 Å². The van der Waals surface area contributed by atoms with Gasteiger partial charge in [-0.25, -0.2) is 0 Å². The van der Waals surface area contributed by atoms with Gasteiger partial charge in [-0.2, -0.15) is 0 Å². The van der Waals surface area contributed by atoms with Crippen LogP contribution in [-0.4, -0.2) is 55.9 Å². The third kappa shape index (κ3) is 4.14. The Kier molecular flexibility index (Phi) is 6.07. The first-order valence-electron chi connectivity index (χ1n) is 11.9. The van der Waals surface area contributed by atoms with E-state index in [1.807, 2.05) is 6.07 Å². The van der Waals surface area contributed by atoms with Crippen LogP contribution in [0, 0.1) is 0 Å². The highest BCUT2D eigenvalue weighted by Gasteiger charge is 2.34. The Morgan fingerprint density at radius 3 is 2.72 bits per heavy atom. The minimum Gasteiger partial charge on any atom is -0.508 e. The molecule has 0 fully saturated rings. The topological polar surface area (TPSA) is 143 Å². The monoisotopic (exact) mass is 487 g/mol. The minimum atomic E-state index is -1.03. The van der Waals surface area contributed by atoms with Gasteiger partial charge >= 0.3 is 5.97 Å². The van der Waals surface area contributed by atoms with Crippen LogP contribution in [0.4, 0.5) is 0 Å². The Bertz CT molecular complexity index is 1460. The molecule has 1 aromatic heterocycles. The number of fused-ring (bicyclic) bond motifs is 3. The van der Waals surface area contributed by atoms with E-state index in [-0.39, 0.29) is 23.7 Å². The number of benzene rings is 3. The van der Waals surface area contributed by atoms with Gasteiger partial charge in [-0.15, -0.1) is 0 Å². The zero-order valence-electron chi connectivity index (χ0n) is 19.9. The first-order valence-corrected chi connectivity index (χ1v) is 11.9. The fraction of sp³-hybridized carbons (Fsp3) is 0.250. The molecule has 186 valence electrons. The van der Waals surface area contributed by atoms with Crippen LogP contribution in [0.25, 0.3) is 22.0 Å². The summed E-state index contributed by atoms with van der Waals surface area (Å²) in [5.74, 6) is -0.904. The molecular formula is C28H29N3O5. The van der Waals surface area contributed by atoms with Gasteiger partial charge < -0.3 is 31.1 Å². The van der Waals surface area contributed by atoms with Gasteiger partial charge in [0.15, 0.2) is 11.5 Å². The lowest BCUT2D eigenvalue weighted by Crippen LogP contribution is -2.35. The van der Waals surface area contributed by atoms with Crippen LogP contribution in [0.2, 0.25) is 0 Å². The predicted octanol–water partition coefficient (Wildman–Crippen LogP) is 3.68. The number of hydrogen-bond donors (Lipinski definition) is 6. The third-order valence-corrected chi connectivity index (χ3v) is 7.23. The van der Waals surface area contributed by atoms with Crippen LogP contribution in [0.5, 0.6) is 17.2 Å². The number of carboxylic acid groups (broad SMARTS) is 1. The van der Waals surface area contributed by atoms with Crippen molar-refractivity contribution in [2.45, 2.75) is 31.3 Å². The lowest BCUT2D eigenvalue weighted by atomic mass is 9.77. The molecule has 2 atom stereocenters. The number of aromatic amines is 1. The Balaban J connectivity index is 0.000000152. The fourth-order valence-electron chi connectivity index (χ4n) is 5.33. The molecule has 0 bridgehead atoms. The first-order chi connectivity index (χ1) is 17.2. The van der Waals surface area contributed by atoms with Gasteiger partial charge in [-0.1, -0.05) is 24.3 Å². The van der Waals surface area contributed by atoms with Crippen LogP contribution < -0.4 is 5.73 Å². The number of carbonyl (C=O) groups is 1. The number of nitrogens with two attached hydrogens (primary N) is 1. The summed E-state index contributed by atoms with van der Waals surface area (Å²) in [5, 5.41) is 38.9. The SMILES string of the molecule is CN1CCc2cccc3c2[C@H]1Cc1ccc(O)c(O)c1-3.N[C@@H](Cc1c[nH]c2ccc(O)cc12)C(=O)O. The number of aromatic nitrogens is 1. The van der Waals surface area contributed by atoms with Crippen LogP contribution in [0.3, 0.4) is 0 Å². The molecule has 6 rings (SSSR count). The molecule has 2 aliphatic rings. The van der Waals surface area contributed by atoms with E-state index in [4.69, 9.17) is 10.8 Å². The summed E-state index contributed by atoms with van der Waals surface area (Å²) in [5.41, 5.74) is 12.8. The summed E-state index contributed by atoms with van der Waals surface area (Å²) in [6.07, 6.45) is 3.89. The minimum absolute atomic E-state index is 0.0163. The highest BCUT2D eigenvalue weighted by molar-refractivity contribution is 5.85. The molecule has 0 unspecified atom stereocenters. The number of phenolic OH excluding ortho intramolecular Hbond substituents is 3. The Morgan fingerprint density at radius 1 is 1.14 bits per heavy atom. The zero-order chi connectivity index (χ0) is 25.6. The molecule has 0 saturated carbocycles. The molecule has 3 aromatic carbocycles. The molecule has 1 aliphatic carbocycles. The highest BCUT2D eigenvalue weighted by Crippen LogP contribution is 2.49. The van der Waals surface area contributed by atoms with Gasteiger partial charge in [0.1, 0.15) is 11.8 Å². The van der Waals surface area contributed by atoms with Gasteiger partial charge in [-0.3, -0.25) is 9.69 Å². The second-order valence-corrected chi connectivity index (χ2v) is 9.49. The molecule has 0 amide bonds. The number of H-pyrrole nitrogens is 1. The second-order valence-electron chi connectivity index (χ2n) is 9.49. The van der Waals surface area contributed by atoms with Gasteiger partial charge in [-0.05, 0) is 72.0 Å². The van der Waals surface area contributed by atoms with Gasteiger partial charge in [0.05, 0.1) is 0 Å². The number of nitrogens with one attached hydrogen (secondary N) is 1. The third-order valence-electron chi connectivity index (χ3n) is 7.23. The lowest BCUT2D eigenvalue weighted by molar-refractivity contribution is -0.138. The molecular weight excluding hydrogens is 458 g/mol. The van der Waals surface area contributed by atoms with Crippen LogP contribution >= 0.6 is 0 Å². The predicted molar refractivity (Wildman–Crippen MR) is 137 cm³/mol. The lowest BCUT2D eigenvalue weighted by Gasteiger charge is -2.39. The summed E-state index contributed by atoms with van der Waals surface area (Å²) in [6, 6.07) is 14.2. The van der Waals surface area contributed by atoms with E-state index >= 15 is 0 Å². The normalized spacial score (nSPS) is 17.0. The number of aliphatic carboxylic acids is 1. The standard InChI is InChI=1S/C17H17NO2.C11H12N2O3/c1-18-8-7-10-3-2-4-12-15(10)13(18)9-11-5-6-14(19)17(20)16(11)12;12-9(11(15)16)3-6-5-13-10-2-1-7(14)4-8(6)10/h2-6,13,19-20H,7-9H2,1H3;1-2,4-5,9,13-14H,3,12H2,(H,15,16)/t13-;9-/m10/s1. The van der Waals surface area contributed by atoms with Crippen LogP contribution in [-0.2, 0) is 24.1 Å². The zero-order valence-corrected chi connectivity index (χ0v) is 19.9. The van der Waals surface area contributed by atoms with Crippen molar-refractivity contribution in [3.63, 3.8) is 0 Å². The summed E-state index contributed by atoms with van der Waals surface area (Å²) in [4.78, 5) is 16.0. The van der Waals surface area contributed by atoms with Crippen molar-refractivity contribution in [2.75, 3.05) is 13.6 Å². The summed E-state index contributed by atoms with van der Waals surface area (Å²) in [6.45, 7) is 1.07. The Morgan fingerprint density at radius 2 is 1.94 bits per heavy atom. The molecule has 1 aliphatic heterocycles. The number of likely N-dealkylation sites (N-methyl/N-ethyl adjacent to an activating group) is 1. The van der Waals surface area contributed by atoms with Gasteiger partial charge in [0.2, 0.25) is 0 Å². The number of aromatic hydroxyl groups is 3. The Labute approximate surface area is 208 Å². The van der Waals surface area contributed by atoms with Crippen molar-refractivity contribution in [1.82, 2.24) is 9.88 Å². The number of nitrogens with zero attached hydrogens (tertiary/aromatic N) is 1.